The number of carbonyl (C=O) groups is 1. The maximum atomic E-state index is 13.7. The lowest BCUT2D eigenvalue weighted by atomic mass is 9.93. The van der Waals surface area contributed by atoms with Crippen LogP contribution in [0.4, 0.5) is 0 Å². The first-order chi connectivity index (χ1) is 17.2. The molecular weight excluding hydrogens is 456 g/mol. The lowest BCUT2D eigenvalue weighted by Gasteiger charge is -2.32. The largest absolute Gasteiger partial charge is 0.479 e. The maximum absolute atomic E-state index is 13.7. The van der Waals surface area contributed by atoms with Gasteiger partial charge in [0.25, 0.3) is 0 Å². The molecule has 0 N–H and O–H groups in total. The Morgan fingerprint density at radius 1 is 0.829 bits per heavy atom. The van der Waals surface area contributed by atoms with Gasteiger partial charge >= 0.3 is 0 Å². The van der Waals surface area contributed by atoms with Crippen molar-refractivity contribution >= 4 is 23.1 Å². The van der Waals surface area contributed by atoms with Crippen LogP contribution >= 0.6 is 11.6 Å². The molecule has 5 heteroatoms. The van der Waals surface area contributed by atoms with Crippen molar-refractivity contribution in [2.45, 2.75) is 24.6 Å². The number of rotatable bonds is 5. The summed E-state index contributed by atoms with van der Waals surface area (Å²) in [6.07, 6.45) is 0.0137. The number of ether oxygens (including phenoxy) is 1. The van der Waals surface area contributed by atoms with Gasteiger partial charge in [-0.25, -0.2) is 0 Å². The number of Topliss-reactive ketones (excluding diaryl/α,β-unsaturated/α-hetero) is 1. The molecule has 2 aliphatic heterocycles. The maximum Gasteiger partial charge on any atom is 0.205 e. The fraction of sp³-hybridized carbons (Fsp3) is 0.133. The highest BCUT2D eigenvalue weighted by Crippen LogP contribution is 2.47. The Morgan fingerprint density at radius 3 is 2.23 bits per heavy atom. The SMILES string of the molecule is O=C(c1ccccc1)C1Oc2ccccc2C1N1N=C(c2ccccc2)CC1c1ccc(Cl)cc1. The van der Waals surface area contributed by atoms with Crippen molar-refractivity contribution in [2.24, 2.45) is 5.10 Å². The highest BCUT2D eigenvalue weighted by atomic mass is 35.5. The van der Waals surface area contributed by atoms with Crippen LogP contribution in [-0.2, 0) is 0 Å². The highest BCUT2D eigenvalue weighted by molar-refractivity contribution is 6.30. The number of halogens is 1. The molecule has 3 atom stereocenters. The number of fused-ring (bicyclic) bond motifs is 1. The van der Waals surface area contributed by atoms with Crippen molar-refractivity contribution in [1.29, 1.82) is 0 Å². The van der Waals surface area contributed by atoms with Crippen LogP contribution < -0.4 is 4.74 Å². The third kappa shape index (κ3) is 4.00. The summed E-state index contributed by atoms with van der Waals surface area (Å²) < 4.78 is 6.31. The smallest absolute Gasteiger partial charge is 0.205 e. The minimum atomic E-state index is -0.705. The van der Waals surface area contributed by atoms with Gasteiger partial charge in [-0.3, -0.25) is 9.80 Å². The van der Waals surface area contributed by atoms with Gasteiger partial charge in [-0.15, -0.1) is 0 Å². The van der Waals surface area contributed by atoms with Gasteiger partial charge in [-0.2, -0.15) is 5.10 Å². The van der Waals surface area contributed by atoms with E-state index in [1.807, 2.05) is 97.1 Å². The Hall–Kier alpha value is -3.89. The number of ketones is 1. The fourth-order valence-corrected chi connectivity index (χ4v) is 5.11. The van der Waals surface area contributed by atoms with Gasteiger partial charge in [0.1, 0.15) is 11.8 Å². The minimum absolute atomic E-state index is 0.0509. The summed E-state index contributed by atoms with van der Waals surface area (Å²) in [7, 11) is 0. The third-order valence-electron chi connectivity index (χ3n) is 6.68. The monoisotopic (exact) mass is 478 g/mol. The molecule has 6 rings (SSSR count). The molecule has 172 valence electrons. The molecule has 0 bridgehead atoms. The quantitative estimate of drug-likeness (QED) is 0.294. The molecule has 4 aromatic carbocycles. The van der Waals surface area contributed by atoms with E-state index in [0.717, 1.165) is 34.6 Å². The van der Waals surface area contributed by atoms with Crippen molar-refractivity contribution in [3.8, 4) is 5.75 Å². The standard InChI is InChI=1S/C30H23ClN2O2/c31-23-17-15-21(16-18-23)26-19-25(20-9-3-1-4-10-20)32-33(26)28-24-13-7-8-14-27(24)35-30(28)29(34)22-11-5-2-6-12-22/h1-18,26,28,30H,19H2. The zero-order valence-electron chi connectivity index (χ0n) is 18.9. The van der Waals surface area contributed by atoms with Gasteiger partial charge in [-0.05, 0) is 29.3 Å². The number of hydrogen-bond acceptors (Lipinski definition) is 4. The van der Waals surface area contributed by atoms with Gasteiger partial charge in [0.2, 0.25) is 5.78 Å². The predicted octanol–water partition coefficient (Wildman–Crippen LogP) is 6.88. The number of nitrogens with zero attached hydrogens (tertiary/aromatic N) is 2. The number of hydrazone groups is 1. The van der Waals surface area contributed by atoms with Gasteiger partial charge in [0, 0.05) is 22.6 Å². The van der Waals surface area contributed by atoms with Gasteiger partial charge in [0.05, 0.1) is 11.8 Å². The molecule has 0 aliphatic carbocycles. The predicted molar refractivity (Wildman–Crippen MR) is 138 cm³/mol. The summed E-state index contributed by atoms with van der Waals surface area (Å²) >= 11 is 6.20. The van der Waals surface area contributed by atoms with E-state index in [9.17, 15) is 4.79 Å². The van der Waals surface area contributed by atoms with Crippen LogP contribution in [0.5, 0.6) is 5.75 Å². The van der Waals surface area contributed by atoms with Crippen molar-refractivity contribution in [2.75, 3.05) is 0 Å². The second kappa shape index (κ2) is 9.05. The average Bonchev–Trinajstić information content (AvgIpc) is 3.52. The molecule has 0 spiro atoms. The van der Waals surface area contributed by atoms with E-state index in [-0.39, 0.29) is 17.9 Å². The van der Waals surface area contributed by atoms with Gasteiger partial charge < -0.3 is 4.74 Å². The third-order valence-corrected chi connectivity index (χ3v) is 6.94. The normalized spacial score (nSPS) is 20.8. The van der Waals surface area contributed by atoms with E-state index in [2.05, 4.69) is 17.1 Å². The van der Waals surface area contributed by atoms with Gasteiger partial charge in [0.15, 0.2) is 6.10 Å². The summed E-state index contributed by atoms with van der Waals surface area (Å²) in [4.78, 5) is 13.7. The molecule has 0 amide bonds. The molecule has 3 unspecified atom stereocenters. The molecule has 2 aliphatic rings. The fourth-order valence-electron chi connectivity index (χ4n) is 4.99. The lowest BCUT2D eigenvalue weighted by molar-refractivity contribution is 0.0538. The van der Waals surface area contributed by atoms with Gasteiger partial charge in [-0.1, -0.05) is 103 Å². The van der Waals surface area contributed by atoms with Crippen molar-refractivity contribution < 1.29 is 9.53 Å². The molecule has 4 aromatic rings. The summed E-state index contributed by atoms with van der Waals surface area (Å²) in [6, 6.07) is 34.9. The Kier molecular flexibility index (Phi) is 5.59. The molecule has 35 heavy (non-hydrogen) atoms. The van der Waals surface area contributed by atoms with Crippen LogP contribution in [0, 0.1) is 0 Å². The van der Waals surface area contributed by atoms with Crippen LogP contribution in [0.2, 0.25) is 5.02 Å². The number of hydrogen-bond donors (Lipinski definition) is 0. The van der Waals surface area contributed by atoms with E-state index in [1.165, 1.54) is 0 Å². The zero-order chi connectivity index (χ0) is 23.8. The zero-order valence-corrected chi connectivity index (χ0v) is 19.7. The van der Waals surface area contributed by atoms with Crippen LogP contribution in [0.3, 0.4) is 0 Å². The van der Waals surface area contributed by atoms with Crippen LogP contribution in [0.1, 0.15) is 45.6 Å². The summed E-state index contributed by atoms with van der Waals surface area (Å²) in [5, 5.41) is 7.89. The number of para-hydroxylation sites is 1. The topological polar surface area (TPSA) is 41.9 Å². The molecule has 0 radical (unpaired) electrons. The van der Waals surface area contributed by atoms with Crippen molar-refractivity contribution in [3.05, 3.63) is 136 Å². The molecule has 0 fully saturated rings. The first-order valence-electron chi connectivity index (χ1n) is 11.7. The van der Waals surface area contributed by atoms with Crippen LogP contribution in [0.15, 0.2) is 114 Å². The summed E-state index contributed by atoms with van der Waals surface area (Å²) in [5.74, 6) is 0.676. The first kappa shape index (κ1) is 21.6. The van der Waals surface area contributed by atoms with E-state index in [4.69, 9.17) is 21.4 Å². The number of benzene rings is 4. The number of carbonyl (C=O) groups excluding carboxylic acids is 1. The molecule has 0 saturated heterocycles. The summed E-state index contributed by atoms with van der Waals surface area (Å²) in [6.45, 7) is 0. The van der Waals surface area contributed by atoms with Crippen LogP contribution in [-0.4, -0.2) is 22.6 Å². The molecular formula is C30H23ClN2O2. The van der Waals surface area contributed by atoms with Crippen LogP contribution in [0.25, 0.3) is 0 Å². The highest BCUT2D eigenvalue weighted by Gasteiger charge is 2.47. The molecule has 4 nitrogen and oxygen atoms in total. The second-order valence-electron chi connectivity index (χ2n) is 8.82. The van der Waals surface area contributed by atoms with E-state index in [1.54, 1.807) is 0 Å². The Bertz CT molecular complexity index is 1390. The van der Waals surface area contributed by atoms with Crippen molar-refractivity contribution in [3.63, 3.8) is 0 Å². The minimum Gasteiger partial charge on any atom is -0.479 e. The van der Waals surface area contributed by atoms with E-state index >= 15 is 0 Å². The first-order valence-corrected chi connectivity index (χ1v) is 12.1. The molecule has 0 aromatic heterocycles. The molecule has 0 saturated carbocycles. The van der Waals surface area contributed by atoms with Crippen molar-refractivity contribution in [1.82, 2.24) is 5.01 Å². The Labute approximate surface area is 209 Å². The lowest BCUT2D eigenvalue weighted by Crippen LogP contribution is -2.38. The molecule has 2 heterocycles. The Balaban J connectivity index is 1.47. The second-order valence-corrected chi connectivity index (χ2v) is 9.25. The van der Waals surface area contributed by atoms with E-state index in [0.29, 0.717) is 10.6 Å². The Morgan fingerprint density at radius 2 is 1.49 bits per heavy atom. The van der Waals surface area contributed by atoms with E-state index < -0.39 is 6.10 Å². The summed E-state index contributed by atoms with van der Waals surface area (Å²) in [5.41, 5.74) is 4.76. The average molecular weight is 479 g/mol.